The molecule has 0 fully saturated rings. The smallest absolute Gasteiger partial charge is 0.191 e. The number of aromatic nitrogens is 4. The first-order valence-corrected chi connectivity index (χ1v) is 10.1. The maximum atomic E-state index is 14.4. The van der Waals surface area contributed by atoms with Crippen molar-refractivity contribution in [2.75, 3.05) is 5.32 Å². The molecule has 2 aromatic rings. The molecular weight excluding hydrogens is 452 g/mol. The number of halogens is 2. The van der Waals surface area contributed by atoms with Gasteiger partial charge in [0.05, 0.1) is 6.04 Å². The van der Waals surface area contributed by atoms with Gasteiger partial charge >= 0.3 is 0 Å². The summed E-state index contributed by atoms with van der Waals surface area (Å²) >= 11 is 3.86. The van der Waals surface area contributed by atoms with Gasteiger partial charge in [-0.05, 0) is 45.1 Å². The van der Waals surface area contributed by atoms with Gasteiger partial charge in [0.25, 0.3) is 0 Å². The first kappa shape index (κ1) is 18.6. The Balaban J connectivity index is 1.89. The first-order valence-electron chi connectivity index (χ1n) is 8.20. The van der Waals surface area contributed by atoms with Crippen LogP contribution in [0.5, 0.6) is 0 Å². The van der Waals surface area contributed by atoms with Gasteiger partial charge in [0.1, 0.15) is 22.6 Å². The summed E-state index contributed by atoms with van der Waals surface area (Å²) in [6, 6.07) is 1.71. The van der Waals surface area contributed by atoms with E-state index in [1.165, 1.54) is 0 Å². The Morgan fingerprint density at radius 3 is 2.92 bits per heavy atom. The molecule has 0 aromatic carbocycles. The molecule has 0 saturated carbocycles. The Hall–Kier alpha value is -1.16. The minimum absolute atomic E-state index is 0.0228. The Morgan fingerprint density at radius 2 is 2.20 bits per heavy atom. The van der Waals surface area contributed by atoms with E-state index in [4.69, 9.17) is 0 Å². The van der Waals surface area contributed by atoms with Gasteiger partial charge in [0.2, 0.25) is 0 Å². The lowest BCUT2D eigenvalue weighted by atomic mass is 9.99. The van der Waals surface area contributed by atoms with E-state index in [-0.39, 0.29) is 10.8 Å². The highest BCUT2D eigenvalue weighted by atomic mass is 127. The third-order valence-corrected chi connectivity index (χ3v) is 5.79. The largest absolute Gasteiger partial charge is 0.374 e. The van der Waals surface area contributed by atoms with Crippen LogP contribution in [-0.2, 0) is 0 Å². The van der Waals surface area contributed by atoms with Crippen molar-refractivity contribution >= 4 is 40.0 Å². The SMILES string of the molecule is CC(C)(C)Sc1n[nH]nc1-c1cc[nH+]cc1NC1CCC(I)=CC1F. The van der Waals surface area contributed by atoms with E-state index in [2.05, 4.69) is 69.1 Å². The van der Waals surface area contributed by atoms with Gasteiger partial charge in [-0.2, -0.15) is 10.3 Å². The van der Waals surface area contributed by atoms with E-state index in [9.17, 15) is 4.39 Å². The summed E-state index contributed by atoms with van der Waals surface area (Å²) in [4.78, 5) is 3.08. The molecule has 3 rings (SSSR count). The number of aromatic amines is 2. The number of H-pyrrole nitrogens is 2. The predicted octanol–water partition coefficient (Wildman–Crippen LogP) is 4.41. The van der Waals surface area contributed by atoms with Crippen LogP contribution < -0.4 is 10.3 Å². The zero-order valence-corrected chi connectivity index (χ0v) is 17.4. The van der Waals surface area contributed by atoms with E-state index >= 15 is 0 Å². The van der Waals surface area contributed by atoms with E-state index < -0.39 is 6.17 Å². The van der Waals surface area contributed by atoms with Crippen molar-refractivity contribution in [3.05, 3.63) is 28.1 Å². The molecule has 3 N–H and O–H groups in total. The highest BCUT2D eigenvalue weighted by Crippen LogP contribution is 2.38. The van der Waals surface area contributed by atoms with Gasteiger partial charge in [-0.15, -0.1) is 5.10 Å². The fourth-order valence-corrected chi connectivity index (χ4v) is 4.26. The maximum absolute atomic E-state index is 14.4. The monoisotopic (exact) mass is 474 g/mol. The Morgan fingerprint density at radius 1 is 1.40 bits per heavy atom. The van der Waals surface area contributed by atoms with Crippen molar-refractivity contribution in [1.29, 1.82) is 0 Å². The molecule has 25 heavy (non-hydrogen) atoms. The molecule has 2 aromatic heterocycles. The van der Waals surface area contributed by atoms with Crippen molar-refractivity contribution in [1.82, 2.24) is 15.4 Å². The van der Waals surface area contributed by atoms with Crippen molar-refractivity contribution in [2.24, 2.45) is 0 Å². The molecule has 0 amide bonds. The average molecular weight is 474 g/mol. The molecule has 0 bridgehead atoms. The summed E-state index contributed by atoms with van der Waals surface area (Å²) < 4.78 is 15.5. The first-order chi connectivity index (χ1) is 11.8. The third kappa shape index (κ3) is 4.72. The summed E-state index contributed by atoms with van der Waals surface area (Å²) in [6.45, 7) is 6.41. The molecule has 0 saturated heterocycles. The summed E-state index contributed by atoms with van der Waals surface area (Å²) in [5.41, 5.74) is 2.54. The third-order valence-electron chi connectivity index (χ3n) is 3.80. The van der Waals surface area contributed by atoms with E-state index in [1.807, 2.05) is 18.5 Å². The number of nitrogens with zero attached hydrogens (tertiary/aromatic N) is 2. The molecule has 0 aliphatic heterocycles. The van der Waals surface area contributed by atoms with E-state index in [1.54, 1.807) is 17.8 Å². The Bertz CT molecular complexity index is 770. The number of hydrogen-bond acceptors (Lipinski definition) is 4. The molecule has 0 spiro atoms. The molecule has 2 unspecified atom stereocenters. The number of thioether (sulfide) groups is 1. The fraction of sp³-hybridized carbons (Fsp3) is 0.471. The van der Waals surface area contributed by atoms with Gasteiger partial charge in [-0.3, -0.25) is 0 Å². The molecule has 1 aliphatic carbocycles. The van der Waals surface area contributed by atoms with Gasteiger partial charge in [0, 0.05) is 16.4 Å². The summed E-state index contributed by atoms with van der Waals surface area (Å²) in [5.74, 6) is 0. The number of pyridine rings is 1. The van der Waals surface area contributed by atoms with Crippen molar-refractivity contribution < 1.29 is 9.37 Å². The summed E-state index contributed by atoms with van der Waals surface area (Å²) in [5, 5.41) is 15.6. The van der Waals surface area contributed by atoms with Crippen LogP contribution in [0.1, 0.15) is 33.6 Å². The second kappa shape index (κ2) is 7.61. The summed E-state index contributed by atoms with van der Waals surface area (Å²) in [6.07, 6.45) is 6.08. The normalized spacial score (nSPS) is 21.1. The van der Waals surface area contributed by atoms with Crippen LogP contribution in [0.25, 0.3) is 11.3 Å². The number of anilines is 1. The zero-order chi connectivity index (χ0) is 18.0. The molecule has 2 heterocycles. The predicted molar refractivity (Wildman–Crippen MR) is 108 cm³/mol. The Kier molecular flexibility index (Phi) is 5.67. The molecule has 0 radical (unpaired) electrons. The number of allylic oxidation sites excluding steroid dienone is 1. The molecule has 8 heteroatoms. The van der Waals surface area contributed by atoms with Gasteiger partial charge in [-0.1, -0.05) is 32.5 Å². The van der Waals surface area contributed by atoms with Gasteiger partial charge in [0.15, 0.2) is 12.4 Å². The highest BCUT2D eigenvalue weighted by Gasteiger charge is 2.27. The lowest BCUT2D eigenvalue weighted by molar-refractivity contribution is -0.376. The number of nitrogens with one attached hydrogen (secondary N) is 3. The zero-order valence-electron chi connectivity index (χ0n) is 14.4. The van der Waals surface area contributed by atoms with Gasteiger partial charge < -0.3 is 5.32 Å². The fourth-order valence-electron chi connectivity index (χ4n) is 2.69. The van der Waals surface area contributed by atoms with Crippen molar-refractivity contribution in [3.63, 3.8) is 0 Å². The minimum Gasteiger partial charge on any atom is -0.374 e. The standard InChI is InChI=1S/C17H21FIN5S/c1-17(2,3)25-16-15(22-24-23-16)11-6-7-20-9-14(11)21-13-5-4-10(19)8-12(13)18/h6-9,12-13,21H,4-5H2,1-3H3,(H,22,23,24)/p+1. The topological polar surface area (TPSA) is 67.7 Å². The van der Waals surface area contributed by atoms with Crippen LogP contribution in [0, 0.1) is 0 Å². The lowest BCUT2D eigenvalue weighted by Crippen LogP contribution is -2.32. The maximum Gasteiger partial charge on any atom is 0.191 e. The van der Waals surface area contributed by atoms with Crippen molar-refractivity contribution in [2.45, 2.75) is 55.6 Å². The highest BCUT2D eigenvalue weighted by molar-refractivity contribution is 14.1. The summed E-state index contributed by atoms with van der Waals surface area (Å²) in [7, 11) is 0. The lowest BCUT2D eigenvalue weighted by Gasteiger charge is -2.25. The van der Waals surface area contributed by atoms with Crippen LogP contribution in [0.4, 0.5) is 10.1 Å². The number of alkyl halides is 1. The van der Waals surface area contributed by atoms with Crippen LogP contribution in [0.15, 0.2) is 33.1 Å². The van der Waals surface area contributed by atoms with Crippen molar-refractivity contribution in [3.8, 4) is 11.3 Å². The Labute approximate surface area is 164 Å². The molecular formula is C17H22FIN5S+. The second-order valence-corrected chi connectivity index (χ2v) is 10.2. The second-order valence-electron chi connectivity index (χ2n) is 7.01. The number of hydrogen-bond donors (Lipinski definition) is 2. The quantitative estimate of drug-likeness (QED) is 0.509. The van der Waals surface area contributed by atoms with E-state index in [0.29, 0.717) is 0 Å². The number of rotatable bonds is 4. The molecule has 134 valence electrons. The van der Waals surface area contributed by atoms with Crippen LogP contribution in [0.2, 0.25) is 0 Å². The molecule has 2 atom stereocenters. The average Bonchev–Trinajstić information content (AvgIpc) is 2.96. The molecule has 5 nitrogen and oxygen atoms in total. The minimum atomic E-state index is -0.991. The van der Waals surface area contributed by atoms with E-state index in [0.717, 1.165) is 38.4 Å². The van der Waals surface area contributed by atoms with Gasteiger partial charge in [-0.25, -0.2) is 9.37 Å². The van der Waals surface area contributed by atoms with Crippen LogP contribution >= 0.6 is 34.4 Å². The molecule has 1 aliphatic rings. The van der Waals surface area contributed by atoms with Crippen LogP contribution in [0.3, 0.4) is 0 Å². The van der Waals surface area contributed by atoms with Crippen LogP contribution in [-0.4, -0.2) is 32.4 Å².